The van der Waals surface area contributed by atoms with Gasteiger partial charge in [0, 0.05) is 11.1 Å². The molecule has 19 heavy (non-hydrogen) atoms. The van der Waals surface area contributed by atoms with Crippen LogP contribution < -0.4 is 5.23 Å². The second-order valence-corrected chi connectivity index (χ2v) is 3.86. The van der Waals surface area contributed by atoms with Gasteiger partial charge in [-0.25, -0.2) is 0 Å². The van der Waals surface area contributed by atoms with Crippen molar-refractivity contribution in [3.05, 3.63) is 65.7 Å². The van der Waals surface area contributed by atoms with Gasteiger partial charge in [0.2, 0.25) is 0 Å². The van der Waals surface area contributed by atoms with Gasteiger partial charge in [-0.1, -0.05) is 30.3 Å². The van der Waals surface area contributed by atoms with Crippen molar-refractivity contribution >= 4 is 11.5 Å². The average molecular weight is 257 g/mol. The van der Waals surface area contributed by atoms with Gasteiger partial charge in [-0.05, 0) is 24.3 Å². The molecule has 0 heterocycles. The van der Waals surface area contributed by atoms with Crippen molar-refractivity contribution in [1.82, 2.24) is 0 Å². The van der Waals surface area contributed by atoms with Crippen molar-refractivity contribution in [3.8, 4) is 0 Å². The van der Waals surface area contributed by atoms with Crippen LogP contribution in [0.3, 0.4) is 0 Å². The summed E-state index contributed by atoms with van der Waals surface area (Å²) in [6.07, 6.45) is 0. The first-order valence-corrected chi connectivity index (χ1v) is 5.84. The first-order chi connectivity index (χ1) is 9.26. The molecular formula is C15H15NO3. The molecule has 0 saturated heterocycles. The van der Waals surface area contributed by atoms with Crippen LogP contribution in [0.2, 0.25) is 0 Å². The normalized spacial score (nSPS) is 10.2. The van der Waals surface area contributed by atoms with Gasteiger partial charge in [-0.15, -0.1) is 5.23 Å². The molecule has 4 heteroatoms. The highest BCUT2D eigenvalue weighted by molar-refractivity contribution is 6.09. The average Bonchev–Trinajstić information content (AvgIpc) is 2.49. The molecule has 0 radical (unpaired) electrons. The second kappa shape index (κ2) is 6.13. The lowest BCUT2D eigenvalue weighted by atomic mass is 10.0. The molecule has 0 aliphatic heterocycles. The van der Waals surface area contributed by atoms with Crippen molar-refractivity contribution < 1.29 is 14.5 Å². The summed E-state index contributed by atoms with van der Waals surface area (Å²) < 4.78 is 0. The van der Waals surface area contributed by atoms with Crippen LogP contribution in [-0.4, -0.2) is 20.0 Å². The highest BCUT2D eigenvalue weighted by Gasteiger charge is 2.10. The fourth-order valence-electron chi connectivity index (χ4n) is 1.78. The topological polar surface area (TPSA) is 38.8 Å². The number of rotatable bonds is 5. The molecule has 4 nitrogen and oxygen atoms in total. The number of carbonyl (C=O) groups excluding carboxylic acids is 1. The smallest absolute Gasteiger partial charge is 0.193 e. The van der Waals surface area contributed by atoms with Crippen LogP contribution >= 0.6 is 0 Å². The zero-order valence-electron chi connectivity index (χ0n) is 10.9. The quantitative estimate of drug-likeness (QED) is 0.610. The van der Waals surface area contributed by atoms with E-state index in [4.69, 9.17) is 9.68 Å². The van der Waals surface area contributed by atoms with E-state index in [0.29, 0.717) is 11.1 Å². The Kier molecular flexibility index (Phi) is 4.28. The molecule has 0 N–H and O–H groups in total. The molecule has 2 rings (SSSR count). The van der Waals surface area contributed by atoms with Crippen molar-refractivity contribution in [2.24, 2.45) is 0 Å². The Hall–Kier alpha value is -2.17. The molecule has 0 amide bonds. The minimum absolute atomic E-state index is 0.00599. The van der Waals surface area contributed by atoms with Gasteiger partial charge in [-0.3, -0.25) is 14.5 Å². The van der Waals surface area contributed by atoms with Crippen molar-refractivity contribution in [3.63, 3.8) is 0 Å². The summed E-state index contributed by atoms with van der Waals surface area (Å²) in [5.74, 6) is -0.00599. The third kappa shape index (κ3) is 2.99. The van der Waals surface area contributed by atoms with E-state index in [0.717, 1.165) is 5.69 Å². The minimum atomic E-state index is -0.00599. The largest absolute Gasteiger partial charge is 0.289 e. The second-order valence-electron chi connectivity index (χ2n) is 3.86. The Balaban J connectivity index is 2.21. The molecule has 0 aliphatic carbocycles. The Morgan fingerprint density at radius 2 is 1.37 bits per heavy atom. The highest BCUT2D eigenvalue weighted by atomic mass is 16.9. The zero-order valence-corrected chi connectivity index (χ0v) is 10.9. The summed E-state index contributed by atoms with van der Waals surface area (Å²) in [4.78, 5) is 22.2. The maximum absolute atomic E-state index is 12.2. The number of hydrogen-bond donors (Lipinski definition) is 0. The predicted molar refractivity (Wildman–Crippen MR) is 72.8 cm³/mol. The van der Waals surface area contributed by atoms with Crippen molar-refractivity contribution in [2.75, 3.05) is 19.4 Å². The van der Waals surface area contributed by atoms with E-state index < -0.39 is 0 Å². The maximum Gasteiger partial charge on any atom is 0.193 e. The monoisotopic (exact) mass is 257 g/mol. The number of nitrogens with zero attached hydrogens (tertiary/aromatic N) is 1. The lowest BCUT2D eigenvalue weighted by Crippen LogP contribution is -2.19. The molecule has 2 aromatic rings. The summed E-state index contributed by atoms with van der Waals surface area (Å²) in [7, 11) is 3.01. The molecule has 0 aliphatic rings. The van der Waals surface area contributed by atoms with Crippen LogP contribution in [0.15, 0.2) is 54.6 Å². The van der Waals surface area contributed by atoms with Gasteiger partial charge in [0.25, 0.3) is 0 Å². The SMILES string of the molecule is CON(OC)c1ccc(C(=O)c2ccccc2)cc1. The summed E-state index contributed by atoms with van der Waals surface area (Å²) in [5.41, 5.74) is 2.02. The molecule has 2 aromatic carbocycles. The molecule has 0 fully saturated rings. The third-order valence-corrected chi connectivity index (χ3v) is 2.71. The third-order valence-electron chi connectivity index (χ3n) is 2.71. The lowest BCUT2D eigenvalue weighted by Gasteiger charge is -2.17. The van der Waals surface area contributed by atoms with Crippen LogP contribution in [0.25, 0.3) is 0 Å². The van der Waals surface area contributed by atoms with E-state index >= 15 is 0 Å². The van der Waals surface area contributed by atoms with Crippen LogP contribution in [0.5, 0.6) is 0 Å². The molecular weight excluding hydrogens is 242 g/mol. The van der Waals surface area contributed by atoms with E-state index in [2.05, 4.69) is 0 Å². The summed E-state index contributed by atoms with van der Waals surface area (Å²) in [6, 6.07) is 16.2. The number of hydrogen-bond acceptors (Lipinski definition) is 4. The standard InChI is InChI=1S/C15H15NO3/c1-18-16(19-2)14-10-8-13(9-11-14)15(17)12-6-4-3-5-7-12/h3-11H,1-2H3. The van der Waals surface area contributed by atoms with Gasteiger partial charge in [-0.2, -0.15) is 0 Å². The first kappa shape index (κ1) is 13.3. The molecule has 0 saturated carbocycles. The van der Waals surface area contributed by atoms with E-state index in [1.54, 1.807) is 36.4 Å². The van der Waals surface area contributed by atoms with Gasteiger partial charge in [0.15, 0.2) is 5.78 Å². The fraction of sp³-hybridized carbons (Fsp3) is 0.133. The van der Waals surface area contributed by atoms with Gasteiger partial charge < -0.3 is 0 Å². The Labute approximate surface area is 112 Å². The van der Waals surface area contributed by atoms with Gasteiger partial charge in [0.1, 0.15) is 0 Å². The summed E-state index contributed by atoms with van der Waals surface area (Å²) in [5, 5.41) is 1.26. The Morgan fingerprint density at radius 3 is 1.89 bits per heavy atom. The van der Waals surface area contributed by atoms with Gasteiger partial charge in [0.05, 0.1) is 19.9 Å². The molecule has 0 aromatic heterocycles. The summed E-state index contributed by atoms with van der Waals surface area (Å²) >= 11 is 0. The number of anilines is 1. The van der Waals surface area contributed by atoms with Crippen molar-refractivity contribution in [1.29, 1.82) is 0 Å². The number of ketones is 1. The van der Waals surface area contributed by atoms with Gasteiger partial charge >= 0.3 is 0 Å². The number of benzene rings is 2. The minimum Gasteiger partial charge on any atom is -0.289 e. The molecule has 0 bridgehead atoms. The Bertz CT molecular complexity index is 533. The van der Waals surface area contributed by atoms with E-state index in [-0.39, 0.29) is 5.78 Å². The zero-order chi connectivity index (χ0) is 13.7. The lowest BCUT2D eigenvalue weighted by molar-refractivity contribution is -0.0433. The molecule has 0 unspecified atom stereocenters. The molecule has 0 atom stereocenters. The molecule has 0 spiro atoms. The van der Waals surface area contributed by atoms with Crippen LogP contribution in [-0.2, 0) is 9.68 Å². The highest BCUT2D eigenvalue weighted by Crippen LogP contribution is 2.17. The van der Waals surface area contributed by atoms with E-state index in [1.807, 2.05) is 18.2 Å². The van der Waals surface area contributed by atoms with Crippen LogP contribution in [0.4, 0.5) is 5.69 Å². The Morgan fingerprint density at radius 1 is 0.842 bits per heavy atom. The van der Waals surface area contributed by atoms with Crippen molar-refractivity contribution in [2.45, 2.75) is 0 Å². The molecule has 98 valence electrons. The van der Waals surface area contributed by atoms with Crippen LogP contribution in [0, 0.1) is 0 Å². The first-order valence-electron chi connectivity index (χ1n) is 5.84. The predicted octanol–water partition coefficient (Wildman–Crippen LogP) is 2.85. The summed E-state index contributed by atoms with van der Waals surface area (Å²) in [6.45, 7) is 0. The number of carbonyl (C=O) groups is 1. The van der Waals surface area contributed by atoms with E-state index in [1.165, 1.54) is 19.4 Å². The maximum atomic E-state index is 12.2. The fourth-order valence-corrected chi connectivity index (χ4v) is 1.78. The van der Waals surface area contributed by atoms with Crippen LogP contribution in [0.1, 0.15) is 15.9 Å². The van der Waals surface area contributed by atoms with E-state index in [9.17, 15) is 4.79 Å².